The van der Waals surface area contributed by atoms with E-state index in [0.717, 1.165) is 19.5 Å². The fourth-order valence-corrected chi connectivity index (χ4v) is 2.74. The van der Waals surface area contributed by atoms with Gasteiger partial charge in [0.2, 0.25) is 5.91 Å². The summed E-state index contributed by atoms with van der Waals surface area (Å²) in [5, 5.41) is 8.18. The van der Waals surface area contributed by atoms with Crippen LogP contribution in [0.5, 0.6) is 0 Å². The van der Waals surface area contributed by atoms with Crippen LogP contribution in [0.1, 0.15) is 18.2 Å². The maximum Gasteiger partial charge on any atom is 0.233 e. The number of carbonyl (C=O) groups excluding carboxylic acids is 1. The summed E-state index contributed by atoms with van der Waals surface area (Å²) in [4.78, 5) is 12.7. The highest BCUT2D eigenvalue weighted by Crippen LogP contribution is 2.25. The van der Waals surface area contributed by atoms with Gasteiger partial charge in [0, 0.05) is 18.0 Å². The lowest BCUT2D eigenvalue weighted by Gasteiger charge is -2.04. The summed E-state index contributed by atoms with van der Waals surface area (Å²) in [5.41, 5.74) is 2.47. The number of amides is 1. The van der Waals surface area contributed by atoms with Crippen LogP contribution < -0.4 is 10.6 Å². The van der Waals surface area contributed by atoms with Crippen molar-refractivity contribution in [2.24, 2.45) is 0 Å². The average molecular weight is 288 g/mol. The van der Waals surface area contributed by atoms with Gasteiger partial charge >= 0.3 is 0 Å². The number of nitrogens with one attached hydrogen (secondary N) is 2. The summed E-state index contributed by atoms with van der Waals surface area (Å²) in [7, 11) is 0. The highest BCUT2D eigenvalue weighted by Gasteiger charge is 2.03. The maximum atomic E-state index is 11.4. The monoisotopic (exact) mass is 288 g/mol. The van der Waals surface area contributed by atoms with Crippen molar-refractivity contribution in [1.82, 2.24) is 10.6 Å². The van der Waals surface area contributed by atoms with Gasteiger partial charge in [-0.3, -0.25) is 4.79 Å². The van der Waals surface area contributed by atoms with Gasteiger partial charge in [-0.1, -0.05) is 37.3 Å². The third kappa shape index (κ3) is 4.47. The lowest BCUT2D eigenvalue weighted by Crippen LogP contribution is -2.33. The van der Waals surface area contributed by atoms with E-state index in [1.54, 1.807) is 11.3 Å². The summed E-state index contributed by atoms with van der Waals surface area (Å²) >= 11 is 1.72. The van der Waals surface area contributed by atoms with E-state index in [1.807, 2.05) is 25.1 Å². The molecule has 2 aromatic rings. The lowest BCUT2D eigenvalue weighted by atomic mass is 10.1. The molecule has 0 radical (unpaired) electrons. The van der Waals surface area contributed by atoms with E-state index in [-0.39, 0.29) is 5.91 Å². The standard InChI is InChI=1S/C16H20N2OS/c1-2-8-18-16(19)11-17-10-15-9-14(12-20-15)13-6-4-3-5-7-13/h3-7,9,12,17H,2,8,10-11H2,1H3,(H,18,19). The quantitative estimate of drug-likeness (QED) is 0.822. The predicted molar refractivity (Wildman–Crippen MR) is 84.8 cm³/mol. The van der Waals surface area contributed by atoms with Crippen LogP contribution in [0, 0.1) is 0 Å². The molecule has 0 saturated carbocycles. The molecule has 2 rings (SSSR count). The molecule has 0 fully saturated rings. The highest BCUT2D eigenvalue weighted by molar-refractivity contribution is 7.10. The van der Waals surface area contributed by atoms with Gasteiger partial charge in [-0.25, -0.2) is 0 Å². The Hall–Kier alpha value is -1.65. The number of hydrogen-bond donors (Lipinski definition) is 2. The Morgan fingerprint density at radius 3 is 2.75 bits per heavy atom. The number of carbonyl (C=O) groups is 1. The molecule has 0 aliphatic rings. The Morgan fingerprint density at radius 2 is 2.00 bits per heavy atom. The molecule has 0 aliphatic heterocycles. The summed E-state index contributed by atoms with van der Waals surface area (Å²) in [6.45, 7) is 3.90. The first-order chi connectivity index (χ1) is 9.79. The van der Waals surface area contributed by atoms with Crippen molar-refractivity contribution in [3.8, 4) is 11.1 Å². The minimum Gasteiger partial charge on any atom is -0.355 e. The second kappa shape index (κ2) is 7.82. The molecule has 0 spiro atoms. The zero-order valence-electron chi connectivity index (χ0n) is 11.7. The highest BCUT2D eigenvalue weighted by atomic mass is 32.1. The molecule has 20 heavy (non-hydrogen) atoms. The van der Waals surface area contributed by atoms with Crippen LogP contribution in [0.25, 0.3) is 11.1 Å². The van der Waals surface area contributed by atoms with Gasteiger partial charge in [0.05, 0.1) is 6.54 Å². The van der Waals surface area contributed by atoms with Crippen molar-refractivity contribution in [3.63, 3.8) is 0 Å². The molecule has 0 aliphatic carbocycles. The molecular formula is C16H20N2OS. The second-order valence-corrected chi connectivity index (χ2v) is 5.62. The summed E-state index contributed by atoms with van der Waals surface area (Å²) < 4.78 is 0. The molecule has 2 N–H and O–H groups in total. The molecule has 0 unspecified atom stereocenters. The van der Waals surface area contributed by atoms with Gasteiger partial charge in [0.15, 0.2) is 0 Å². The van der Waals surface area contributed by atoms with Gasteiger partial charge in [-0.05, 0) is 29.0 Å². The van der Waals surface area contributed by atoms with E-state index in [2.05, 4.69) is 34.2 Å². The number of thiophene rings is 1. The first kappa shape index (κ1) is 14.8. The van der Waals surface area contributed by atoms with Crippen LogP contribution >= 0.6 is 11.3 Å². The van der Waals surface area contributed by atoms with Crippen molar-refractivity contribution in [3.05, 3.63) is 46.7 Å². The minimum absolute atomic E-state index is 0.0617. The van der Waals surface area contributed by atoms with Crippen molar-refractivity contribution in [1.29, 1.82) is 0 Å². The summed E-state index contributed by atoms with van der Waals surface area (Å²) in [6, 6.07) is 12.5. The molecule has 3 nitrogen and oxygen atoms in total. The molecule has 1 amide bonds. The van der Waals surface area contributed by atoms with Gasteiger partial charge in [0.25, 0.3) is 0 Å². The SMILES string of the molecule is CCCNC(=O)CNCc1cc(-c2ccccc2)cs1. The fraction of sp³-hybridized carbons (Fsp3) is 0.312. The molecule has 0 saturated heterocycles. The molecule has 1 aromatic heterocycles. The topological polar surface area (TPSA) is 41.1 Å². The summed E-state index contributed by atoms with van der Waals surface area (Å²) in [5.74, 6) is 0.0617. The molecule has 0 atom stereocenters. The number of rotatable bonds is 7. The van der Waals surface area contributed by atoms with Crippen molar-refractivity contribution < 1.29 is 4.79 Å². The van der Waals surface area contributed by atoms with Crippen LogP contribution in [0.3, 0.4) is 0 Å². The molecule has 106 valence electrons. The van der Waals surface area contributed by atoms with Crippen LogP contribution in [0.4, 0.5) is 0 Å². The summed E-state index contributed by atoms with van der Waals surface area (Å²) in [6.07, 6.45) is 0.969. The first-order valence-corrected chi connectivity index (χ1v) is 7.78. The Bertz CT molecular complexity index is 536. The minimum atomic E-state index is 0.0617. The van der Waals surface area contributed by atoms with Crippen molar-refractivity contribution in [2.45, 2.75) is 19.9 Å². The third-order valence-electron chi connectivity index (χ3n) is 2.92. The first-order valence-electron chi connectivity index (χ1n) is 6.90. The Morgan fingerprint density at radius 1 is 1.20 bits per heavy atom. The van der Waals surface area contributed by atoms with Crippen molar-refractivity contribution >= 4 is 17.2 Å². The Kier molecular flexibility index (Phi) is 5.77. The second-order valence-electron chi connectivity index (χ2n) is 4.62. The normalized spacial score (nSPS) is 10.4. The van der Waals surface area contributed by atoms with Gasteiger partial charge < -0.3 is 10.6 Å². The van der Waals surface area contributed by atoms with Crippen LogP contribution in [-0.2, 0) is 11.3 Å². The number of benzene rings is 1. The molecule has 1 heterocycles. The van der Waals surface area contributed by atoms with Gasteiger partial charge in [-0.15, -0.1) is 11.3 Å². The molecular weight excluding hydrogens is 268 g/mol. The van der Waals surface area contributed by atoms with Crippen LogP contribution in [0.2, 0.25) is 0 Å². The predicted octanol–water partition coefficient (Wildman–Crippen LogP) is 3.03. The molecule has 0 bridgehead atoms. The zero-order valence-corrected chi connectivity index (χ0v) is 12.5. The molecule has 4 heteroatoms. The smallest absolute Gasteiger partial charge is 0.233 e. The number of hydrogen-bond acceptors (Lipinski definition) is 3. The molecule has 1 aromatic carbocycles. The van der Waals surface area contributed by atoms with Crippen LogP contribution in [0.15, 0.2) is 41.8 Å². The van der Waals surface area contributed by atoms with E-state index in [0.29, 0.717) is 6.54 Å². The van der Waals surface area contributed by atoms with Crippen molar-refractivity contribution in [2.75, 3.05) is 13.1 Å². The van der Waals surface area contributed by atoms with Gasteiger partial charge in [0.1, 0.15) is 0 Å². The zero-order chi connectivity index (χ0) is 14.2. The largest absolute Gasteiger partial charge is 0.355 e. The average Bonchev–Trinajstić information content (AvgIpc) is 2.95. The van der Waals surface area contributed by atoms with Gasteiger partial charge in [-0.2, -0.15) is 0 Å². The van der Waals surface area contributed by atoms with Crippen LogP contribution in [-0.4, -0.2) is 19.0 Å². The van der Waals surface area contributed by atoms with E-state index in [9.17, 15) is 4.79 Å². The van der Waals surface area contributed by atoms with E-state index >= 15 is 0 Å². The lowest BCUT2D eigenvalue weighted by molar-refractivity contribution is -0.120. The Labute approximate surface area is 124 Å². The van der Waals surface area contributed by atoms with E-state index in [1.165, 1.54) is 16.0 Å². The maximum absolute atomic E-state index is 11.4. The van der Waals surface area contributed by atoms with E-state index in [4.69, 9.17) is 0 Å². The Balaban J connectivity index is 1.80. The third-order valence-corrected chi connectivity index (χ3v) is 3.85. The van der Waals surface area contributed by atoms with E-state index < -0.39 is 0 Å². The fourth-order valence-electron chi connectivity index (χ4n) is 1.88.